The molecular formula is C31H39N4O5P. The van der Waals surface area contributed by atoms with Crippen molar-refractivity contribution in [2.75, 3.05) is 44.4 Å². The van der Waals surface area contributed by atoms with Gasteiger partial charge in [-0.1, -0.05) is 60.5 Å². The Morgan fingerprint density at radius 3 is 2.29 bits per heavy atom. The topological polar surface area (TPSA) is 105 Å². The first kappa shape index (κ1) is 31.8. The molecule has 0 aliphatic carbocycles. The van der Waals surface area contributed by atoms with Crippen LogP contribution in [-0.4, -0.2) is 66.7 Å². The van der Waals surface area contributed by atoms with E-state index in [1.807, 2.05) is 18.2 Å². The molecule has 3 aromatic rings. The number of terminal acetylenes is 1. The van der Waals surface area contributed by atoms with Crippen LogP contribution in [0.1, 0.15) is 48.6 Å². The highest BCUT2D eigenvalue weighted by molar-refractivity contribution is 7.53. The zero-order chi connectivity index (χ0) is 29.7. The Bertz CT molecular complexity index is 1340. The average molecular weight is 579 g/mol. The SMILES string of the molecule is C#CCN(C)C(=O)c1[nH]c(CCc2ccc(-c3ccccc3)cc2)nc1N(C=O)CCCCP(=O)(OCC)OCC. The molecule has 0 saturated heterocycles. The molecular weight excluding hydrogens is 539 g/mol. The van der Waals surface area contributed by atoms with Crippen molar-refractivity contribution in [3.63, 3.8) is 0 Å². The maximum Gasteiger partial charge on any atom is 0.330 e. The van der Waals surface area contributed by atoms with E-state index in [4.69, 9.17) is 15.5 Å². The highest BCUT2D eigenvalue weighted by Crippen LogP contribution is 2.48. The van der Waals surface area contributed by atoms with E-state index in [1.54, 1.807) is 20.9 Å². The number of rotatable bonds is 17. The largest absolute Gasteiger partial charge is 0.336 e. The summed E-state index contributed by atoms with van der Waals surface area (Å²) in [5.74, 6) is 2.95. The van der Waals surface area contributed by atoms with Crippen LogP contribution in [0.5, 0.6) is 0 Å². The van der Waals surface area contributed by atoms with Crippen LogP contribution in [0.2, 0.25) is 0 Å². The predicted octanol–water partition coefficient (Wildman–Crippen LogP) is 5.58. The van der Waals surface area contributed by atoms with Crippen molar-refractivity contribution in [3.05, 3.63) is 71.7 Å². The number of H-pyrrole nitrogens is 1. The maximum absolute atomic E-state index is 13.2. The van der Waals surface area contributed by atoms with Gasteiger partial charge in [-0.25, -0.2) is 4.98 Å². The van der Waals surface area contributed by atoms with E-state index in [1.165, 1.54) is 9.80 Å². The standard InChI is InChI=1S/C31H39N4O5P/c1-5-21-34(4)31(37)29-30(35(24-36)22-11-12-23-41(38,39-6-2)40-7-3)33-28(32-29)20-17-25-15-18-27(19-16-25)26-13-9-8-10-14-26/h1,8-10,13-16,18-19,24H,6-7,11-12,17,20-23H2,2-4H3,(H,32,33). The number of imidazole rings is 1. The van der Waals surface area contributed by atoms with Crippen LogP contribution in [0.15, 0.2) is 54.6 Å². The first-order valence-electron chi connectivity index (χ1n) is 13.9. The number of hydrogen-bond acceptors (Lipinski definition) is 6. The van der Waals surface area contributed by atoms with E-state index in [-0.39, 0.29) is 36.7 Å². The van der Waals surface area contributed by atoms with E-state index in [0.717, 1.165) is 16.7 Å². The molecule has 1 heterocycles. The number of carbonyl (C=O) groups is 2. The van der Waals surface area contributed by atoms with Gasteiger partial charge in [-0.15, -0.1) is 6.42 Å². The summed E-state index contributed by atoms with van der Waals surface area (Å²) in [5.41, 5.74) is 3.62. The minimum Gasteiger partial charge on any atom is -0.336 e. The van der Waals surface area contributed by atoms with Crippen molar-refractivity contribution in [3.8, 4) is 23.5 Å². The lowest BCUT2D eigenvalue weighted by Gasteiger charge is -2.20. The number of aryl methyl sites for hydroxylation is 2. The van der Waals surface area contributed by atoms with Crippen LogP contribution in [0.3, 0.4) is 0 Å². The molecule has 0 atom stereocenters. The van der Waals surface area contributed by atoms with E-state index >= 15 is 0 Å². The number of unbranched alkanes of at least 4 members (excludes halogenated alkanes) is 1. The molecule has 10 heteroatoms. The highest BCUT2D eigenvalue weighted by Gasteiger charge is 2.26. The van der Waals surface area contributed by atoms with Gasteiger partial charge in [-0.3, -0.25) is 19.1 Å². The molecule has 1 aromatic heterocycles. The Morgan fingerprint density at radius 1 is 1.02 bits per heavy atom. The average Bonchev–Trinajstić information content (AvgIpc) is 3.41. The van der Waals surface area contributed by atoms with Crippen molar-refractivity contribution in [1.29, 1.82) is 0 Å². The van der Waals surface area contributed by atoms with Crippen molar-refractivity contribution in [2.45, 2.75) is 39.5 Å². The third kappa shape index (κ3) is 9.15. The fourth-order valence-corrected chi connectivity index (χ4v) is 6.13. The highest BCUT2D eigenvalue weighted by atomic mass is 31.2. The summed E-state index contributed by atoms with van der Waals surface area (Å²) in [4.78, 5) is 35.9. The third-order valence-electron chi connectivity index (χ3n) is 6.47. The maximum atomic E-state index is 13.2. The first-order chi connectivity index (χ1) is 19.8. The number of carbonyl (C=O) groups excluding carboxylic acids is 2. The van der Waals surface area contributed by atoms with Crippen LogP contribution < -0.4 is 4.90 Å². The van der Waals surface area contributed by atoms with Gasteiger partial charge in [0.2, 0.25) is 6.41 Å². The Hall–Kier alpha value is -3.70. The molecule has 0 radical (unpaired) electrons. The van der Waals surface area contributed by atoms with Gasteiger partial charge in [-0.05, 0) is 49.8 Å². The summed E-state index contributed by atoms with van der Waals surface area (Å²) >= 11 is 0. The minimum absolute atomic E-state index is 0.117. The molecule has 218 valence electrons. The Labute approximate surface area is 242 Å². The number of amides is 2. The monoisotopic (exact) mass is 578 g/mol. The minimum atomic E-state index is -3.17. The summed E-state index contributed by atoms with van der Waals surface area (Å²) in [7, 11) is -1.57. The predicted molar refractivity (Wildman–Crippen MR) is 162 cm³/mol. The van der Waals surface area contributed by atoms with Gasteiger partial charge in [0.15, 0.2) is 5.82 Å². The molecule has 0 saturated carbocycles. The molecule has 0 aliphatic rings. The van der Waals surface area contributed by atoms with Crippen molar-refractivity contribution in [2.24, 2.45) is 0 Å². The van der Waals surface area contributed by atoms with Crippen LogP contribution in [0.4, 0.5) is 5.82 Å². The fourth-order valence-electron chi connectivity index (χ4n) is 4.40. The second kappa shape index (κ2) is 15.9. The molecule has 3 rings (SSSR count). The third-order valence-corrected chi connectivity index (χ3v) is 8.63. The normalized spacial score (nSPS) is 11.2. The van der Waals surface area contributed by atoms with Crippen molar-refractivity contribution in [1.82, 2.24) is 14.9 Å². The van der Waals surface area contributed by atoms with Crippen LogP contribution in [0.25, 0.3) is 11.1 Å². The van der Waals surface area contributed by atoms with Gasteiger partial charge >= 0.3 is 7.60 Å². The molecule has 0 spiro atoms. The molecule has 1 N–H and O–H groups in total. The summed E-state index contributed by atoms with van der Waals surface area (Å²) in [6, 6.07) is 18.5. The van der Waals surface area contributed by atoms with E-state index in [0.29, 0.717) is 51.1 Å². The van der Waals surface area contributed by atoms with Crippen molar-refractivity contribution >= 4 is 25.7 Å². The number of aromatic nitrogens is 2. The number of nitrogens with one attached hydrogen (secondary N) is 1. The van der Waals surface area contributed by atoms with Crippen molar-refractivity contribution < 1.29 is 23.2 Å². The van der Waals surface area contributed by atoms with Gasteiger partial charge in [-0.2, -0.15) is 0 Å². The lowest BCUT2D eigenvalue weighted by atomic mass is 10.0. The van der Waals surface area contributed by atoms with E-state index in [2.05, 4.69) is 52.3 Å². The Kier molecular flexibility index (Phi) is 12.4. The fraction of sp³-hybridized carbons (Fsp3) is 0.387. The number of anilines is 1. The number of hydrogen-bond donors (Lipinski definition) is 1. The number of nitrogens with zero attached hydrogens (tertiary/aromatic N) is 3. The van der Waals surface area contributed by atoms with Crippen LogP contribution in [-0.2, 0) is 31.2 Å². The van der Waals surface area contributed by atoms with Gasteiger partial charge in [0.25, 0.3) is 5.91 Å². The molecule has 9 nitrogen and oxygen atoms in total. The molecule has 0 fully saturated rings. The van der Waals surface area contributed by atoms with Crippen LogP contribution >= 0.6 is 7.60 Å². The Balaban J connectivity index is 1.72. The molecule has 2 amide bonds. The second-order valence-corrected chi connectivity index (χ2v) is 11.7. The lowest BCUT2D eigenvalue weighted by Crippen LogP contribution is -2.31. The Morgan fingerprint density at radius 2 is 1.68 bits per heavy atom. The van der Waals surface area contributed by atoms with Gasteiger partial charge < -0.3 is 18.9 Å². The van der Waals surface area contributed by atoms with E-state index in [9.17, 15) is 14.2 Å². The summed E-state index contributed by atoms with van der Waals surface area (Å²) in [6.45, 7) is 4.52. The molecule has 2 aromatic carbocycles. The summed E-state index contributed by atoms with van der Waals surface area (Å²) in [6.07, 6.45) is 8.59. The van der Waals surface area contributed by atoms with Gasteiger partial charge in [0.1, 0.15) is 11.5 Å². The zero-order valence-corrected chi connectivity index (χ0v) is 24.9. The molecule has 0 aliphatic heterocycles. The van der Waals surface area contributed by atoms with Gasteiger partial charge in [0.05, 0.1) is 25.9 Å². The quantitative estimate of drug-likeness (QED) is 0.0971. The lowest BCUT2D eigenvalue weighted by molar-refractivity contribution is -0.107. The smallest absolute Gasteiger partial charge is 0.330 e. The summed E-state index contributed by atoms with van der Waals surface area (Å²) < 4.78 is 23.4. The molecule has 0 unspecified atom stereocenters. The number of aromatic amines is 1. The van der Waals surface area contributed by atoms with Gasteiger partial charge in [0, 0.05) is 20.0 Å². The second-order valence-electron chi connectivity index (χ2n) is 9.49. The van der Waals surface area contributed by atoms with E-state index < -0.39 is 7.60 Å². The summed E-state index contributed by atoms with van der Waals surface area (Å²) in [5, 5.41) is 0. The number of benzene rings is 2. The van der Waals surface area contributed by atoms with Crippen LogP contribution in [0, 0.1) is 12.3 Å². The molecule has 0 bridgehead atoms. The molecule has 41 heavy (non-hydrogen) atoms. The first-order valence-corrected chi connectivity index (χ1v) is 15.6. The zero-order valence-electron chi connectivity index (χ0n) is 24.0.